The topological polar surface area (TPSA) is 77.4 Å². The summed E-state index contributed by atoms with van der Waals surface area (Å²) in [5.41, 5.74) is 5.55. The Balaban J connectivity index is 1.33. The predicted octanol–water partition coefficient (Wildman–Crippen LogP) is 5.04. The quantitative estimate of drug-likeness (QED) is 0.416. The van der Waals surface area contributed by atoms with Crippen molar-refractivity contribution in [2.45, 2.75) is 52.5 Å². The Morgan fingerprint density at radius 3 is 2.94 bits per heavy atom. The van der Waals surface area contributed by atoms with Gasteiger partial charge in [-0.1, -0.05) is 13.5 Å². The van der Waals surface area contributed by atoms with Crippen molar-refractivity contribution in [3.05, 3.63) is 53.9 Å². The van der Waals surface area contributed by atoms with Crippen LogP contribution in [0.1, 0.15) is 44.2 Å². The maximum Gasteiger partial charge on any atom is 0.222 e. The normalized spacial score (nSPS) is 21.6. The molecular weight excluding hydrogens is 436 g/mol. The van der Waals surface area contributed by atoms with Gasteiger partial charge >= 0.3 is 0 Å². The van der Waals surface area contributed by atoms with Crippen molar-refractivity contribution in [3.8, 4) is 5.75 Å². The Bertz CT molecular complexity index is 1200. The summed E-state index contributed by atoms with van der Waals surface area (Å²) in [5, 5.41) is 4.58. The van der Waals surface area contributed by atoms with E-state index in [4.69, 9.17) is 19.7 Å². The highest BCUT2D eigenvalue weighted by Gasteiger charge is 2.20. The molecule has 0 saturated carbocycles. The van der Waals surface area contributed by atoms with Gasteiger partial charge in [0, 0.05) is 55.1 Å². The van der Waals surface area contributed by atoms with Gasteiger partial charge in [0.2, 0.25) is 5.96 Å². The predicted molar refractivity (Wildman–Crippen MR) is 147 cm³/mol. The number of guanidine groups is 1. The number of benzene rings is 1. The highest BCUT2D eigenvalue weighted by molar-refractivity contribution is 5.99. The lowest BCUT2D eigenvalue weighted by atomic mass is 10.0. The number of aliphatic imine (C=N–C) groups is 3. The molecule has 7 heteroatoms. The summed E-state index contributed by atoms with van der Waals surface area (Å²) in [4.78, 5) is 19.7. The first-order valence-corrected chi connectivity index (χ1v) is 12.5. The minimum Gasteiger partial charge on any atom is -0.496 e. The van der Waals surface area contributed by atoms with Crippen molar-refractivity contribution >= 4 is 28.4 Å². The number of allylic oxidation sites excluding steroid dienone is 2. The van der Waals surface area contributed by atoms with Crippen LogP contribution in [0.4, 0.5) is 0 Å². The van der Waals surface area contributed by atoms with Crippen LogP contribution < -0.4 is 10.1 Å². The van der Waals surface area contributed by atoms with Crippen LogP contribution in [0.3, 0.4) is 0 Å². The third-order valence-corrected chi connectivity index (χ3v) is 6.91. The van der Waals surface area contributed by atoms with Crippen molar-refractivity contribution in [2.24, 2.45) is 20.9 Å². The highest BCUT2D eigenvalue weighted by atomic mass is 16.5. The molecule has 2 atom stereocenters. The SMILES string of the molecule is C=C(/C=C\C1=NC(C)C(C)C1)NC1=NC(=NCCCc2c[nH]c3cc(C)c(OC)cc23)N(C)CC1. The fourth-order valence-corrected chi connectivity index (χ4v) is 4.55. The van der Waals surface area contributed by atoms with Gasteiger partial charge in [-0.05, 0) is 74.4 Å². The molecule has 0 spiro atoms. The lowest BCUT2D eigenvalue weighted by Crippen LogP contribution is -2.38. The van der Waals surface area contributed by atoms with Crippen molar-refractivity contribution < 1.29 is 4.74 Å². The number of fused-ring (bicyclic) bond motifs is 1. The molecule has 7 nitrogen and oxygen atoms in total. The standard InChI is InChI=1S/C28H38N6O/c1-18-14-23(32-21(18)4)10-9-20(3)31-27-11-13-34(5)28(33-27)29-12-7-8-22-17-30-25-15-19(2)26(35-6)16-24(22)25/h9-10,15-18,21,30H,3,7-8,11-14H2,1-2,4-6H3,(H,29,31,33)/b10-9-. The molecule has 0 aliphatic carbocycles. The molecule has 2 aliphatic rings. The summed E-state index contributed by atoms with van der Waals surface area (Å²) in [7, 11) is 3.76. The second kappa shape index (κ2) is 10.9. The van der Waals surface area contributed by atoms with E-state index >= 15 is 0 Å². The lowest BCUT2D eigenvalue weighted by Gasteiger charge is -2.25. The van der Waals surface area contributed by atoms with Crippen LogP contribution in [0.15, 0.2) is 57.7 Å². The number of hydrogen-bond donors (Lipinski definition) is 2. The molecule has 0 saturated heterocycles. The van der Waals surface area contributed by atoms with Crippen molar-refractivity contribution in [3.63, 3.8) is 0 Å². The van der Waals surface area contributed by atoms with Crippen LogP contribution in [-0.2, 0) is 6.42 Å². The first-order chi connectivity index (χ1) is 16.8. The van der Waals surface area contributed by atoms with E-state index in [0.29, 0.717) is 12.0 Å². The van der Waals surface area contributed by atoms with E-state index in [1.807, 2.05) is 13.1 Å². The average Bonchev–Trinajstić information content (AvgIpc) is 3.37. The zero-order chi connectivity index (χ0) is 24.9. The number of hydrogen-bond acceptors (Lipinski definition) is 4. The molecule has 0 amide bonds. The summed E-state index contributed by atoms with van der Waals surface area (Å²) in [6.45, 7) is 12.2. The minimum atomic E-state index is 0.399. The van der Waals surface area contributed by atoms with Gasteiger partial charge in [-0.2, -0.15) is 0 Å². The van der Waals surface area contributed by atoms with Crippen molar-refractivity contribution in [1.29, 1.82) is 0 Å². The fourth-order valence-electron chi connectivity index (χ4n) is 4.55. The summed E-state index contributed by atoms with van der Waals surface area (Å²) in [6, 6.07) is 4.67. The number of H-pyrrole nitrogens is 1. The van der Waals surface area contributed by atoms with Crippen LogP contribution in [0.5, 0.6) is 5.75 Å². The molecule has 2 aliphatic heterocycles. The number of amidine groups is 1. The first kappa shape index (κ1) is 24.8. The number of rotatable bonds is 8. The van der Waals surface area contributed by atoms with E-state index in [1.54, 1.807) is 7.11 Å². The summed E-state index contributed by atoms with van der Waals surface area (Å²) >= 11 is 0. The van der Waals surface area contributed by atoms with Gasteiger partial charge in [-0.3, -0.25) is 9.98 Å². The van der Waals surface area contributed by atoms with Crippen LogP contribution in [0.2, 0.25) is 0 Å². The molecule has 2 N–H and O–H groups in total. The Hall–Kier alpha value is -3.35. The highest BCUT2D eigenvalue weighted by Crippen LogP contribution is 2.28. The second-order valence-corrected chi connectivity index (χ2v) is 9.72. The van der Waals surface area contributed by atoms with Crippen molar-refractivity contribution in [1.82, 2.24) is 15.2 Å². The molecule has 0 radical (unpaired) electrons. The van der Waals surface area contributed by atoms with Gasteiger partial charge in [-0.25, -0.2) is 4.99 Å². The summed E-state index contributed by atoms with van der Waals surface area (Å²) < 4.78 is 5.50. The number of ether oxygens (including phenoxy) is 1. The molecule has 35 heavy (non-hydrogen) atoms. The van der Waals surface area contributed by atoms with Gasteiger partial charge < -0.3 is 19.9 Å². The zero-order valence-electron chi connectivity index (χ0n) is 21.7. The third-order valence-electron chi connectivity index (χ3n) is 6.91. The van der Waals surface area contributed by atoms with Gasteiger partial charge in [-0.15, -0.1) is 0 Å². The molecule has 1 aromatic carbocycles. The second-order valence-electron chi connectivity index (χ2n) is 9.72. The fraction of sp³-hybridized carbons (Fsp3) is 0.464. The summed E-state index contributed by atoms with van der Waals surface area (Å²) in [5.74, 6) is 3.21. The largest absolute Gasteiger partial charge is 0.496 e. The van der Waals surface area contributed by atoms with Crippen LogP contribution >= 0.6 is 0 Å². The average molecular weight is 475 g/mol. The van der Waals surface area contributed by atoms with Crippen LogP contribution in [0.25, 0.3) is 10.9 Å². The summed E-state index contributed by atoms with van der Waals surface area (Å²) in [6.07, 6.45) is 9.94. The molecule has 2 aromatic rings. The Labute approximate surface area is 208 Å². The molecule has 1 aromatic heterocycles. The van der Waals surface area contributed by atoms with E-state index in [9.17, 15) is 0 Å². The minimum absolute atomic E-state index is 0.399. The van der Waals surface area contributed by atoms with Gasteiger partial charge in [0.25, 0.3) is 0 Å². The first-order valence-electron chi connectivity index (χ1n) is 12.5. The van der Waals surface area contributed by atoms with E-state index in [2.05, 4.69) is 67.0 Å². The number of aryl methyl sites for hydroxylation is 2. The monoisotopic (exact) mass is 474 g/mol. The molecule has 0 fully saturated rings. The Morgan fingerprint density at radius 1 is 1.37 bits per heavy atom. The molecule has 0 bridgehead atoms. The maximum absolute atomic E-state index is 5.50. The van der Waals surface area contributed by atoms with Crippen molar-refractivity contribution in [2.75, 3.05) is 27.2 Å². The maximum atomic E-state index is 5.50. The van der Waals surface area contributed by atoms with E-state index < -0.39 is 0 Å². The van der Waals surface area contributed by atoms with E-state index in [1.165, 1.54) is 10.9 Å². The van der Waals surface area contributed by atoms with Gasteiger partial charge in [0.1, 0.15) is 11.6 Å². The molecular formula is C28H38N6O. The third kappa shape index (κ3) is 6.02. The Morgan fingerprint density at radius 2 is 2.20 bits per heavy atom. The number of nitrogens with one attached hydrogen (secondary N) is 2. The van der Waals surface area contributed by atoms with Crippen LogP contribution in [0, 0.1) is 12.8 Å². The lowest BCUT2D eigenvalue weighted by molar-refractivity contribution is 0.412. The van der Waals surface area contributed by atoms with Gasteiger partial charge in [0.05, 0.1) is 13.2 Å². The Kier molecular flexibility index (Phi) is 7.73. The van der Waals surface area contributed by atoms with Gasteiger partial charge in [0.15, 0.2) is 0 Å². The molecule has 2 unspecified atom stereocenters. The number of nitrogens with zero attached hydrogens (tertiary/aromatic N) is 4. The number of aromatic amines is 1. The van der Waals surface area contributed by atoms with Crippen LogP contribution in [-0.4, -0.2) is 60.7 Å². The van der Waals surface area contributed by atoms with E-state index in [-0.39, 0.29) is 0 Å². The molecule has 3 heterocycles. The molecule has 4 rings (SSSR count). The molecule has 186 valence electrons. The zero-order valence-corrected chi connectivity index (χ0v) is 21.7. The smallest absolute Gasteiger partial charge is 0.222 e. The number of aromatic nitrogens is 1. The number of methoxy groups -OCH3 is 1. The van der Waals surface area contributed by atoms with E-state index in [0.717, 1.165) is 78.8 Å².